The van der Waals surface area contributed by atoms with E-state index in [2.05, 4.69) is 4.98 Å². The van der Waals surface area contributed by atoms with Crippen molar-refractivity contribution >= 4 is 34.7 Å². The van der Waals surface area contributed by atoms with Gasteiger partial charge in [0.05, 0.1) is 0 Å². The maximum Gasteiger partial charge on any atom is 0.151 e. The van der Waals surface area contributed by atoms with Crippen molar-refractivity contribution in [3.63, 3.8) is 0 Å². The van der Waals surface area contributed by atoms with Gasteiger partial charge in [0.25, 0.3) is 0 Å². The minimum atomic E-state index is 0.592. The van der Waals surface area contributed by atoms with Crippen LogP contribution in [0.5, 0.6) is 0 Å². The second-order valence-electron chi connectivity index (χ2n) is 2.13. The maximum atomic E-state index is 5.66. The highest BCUT2D eigenvalue weighted by Crippen LogP contribution is 2.24. The minimum Gasteiger partial charge on any atom is -0.385 e. The average Bonchev–Trinajstić information content (AvgIpc) is 2.45. The molecule has 1 heterocycles. The second-order valence-corrected chi connectivity index (χ2v) is 4.72. The van der Waals surface area contributed by atoms with Gasteiger partial charge in [0, 0.05) is 24.8 Å². The van der Waals surface area contributed by atoms with E-state index >= 15 is 0 Å². The van der Waals surface area contributed by atoms with Crippen LogP contribution in [0.3, 0.4) is 0 Å². The molecule has 0 unspecified atom stereocenters. The zero-order valence-electron chi connectivity index (χ0n) is 6.75. The van der Waals surface area contributed by atoms with Crippen molar-refractivity contribution in [3.05, 3.63) is 10.5 Å². The number of thiazole rings is 1. The molecule has 0 radical (unpaired) electrons. The van der Waals surface area contributed by atoms with E-state index in [0.717, 1.165) is 23.1 Å². The van der Waals surface area contributed by atoms with Crippen molar-refractivity contribution in [2.24, 2.45) is 0 Å². The number of thioether (sulfide) groups is 1. The molecule has 0 atom stereocenters. The van der Waals surface area contributed by atoms with Gasteiger partial charge in [0.15, 0.2) is 4.34 Å². The number of ether oxygens (including phenoxy) is 1. The summed E-state index contributed by atoms with van der Waals surface area (Å²) in [4.78, 5) is 4.11. The molecule has 0 aliphatic carbocycles. The van der Waals surface area contributed by atoms with Crippen molar-refractivity contribution in [1.82, 2.24) is 4.98 Å². The molecule has 0 bridgehead atoms. The Hall–Kier alpha value is 0.230. The molecule has 0 saturated heterocycles. The van der Waals surface area contributed by atoms with Gasteiger partial charge in [-0.3, -0.25) is 0 Å². The lowest BCUT2D eigenvalue weighted by Gasteiger charge is -1.95. The number of hydrogen-bond acceptors (Lipinski definition) is 4. The first-order chi connectivity index (χ1) is 5.83. The monoisotopic (exact) mass is 223 g/mol. The van der Waals surface area contributed by atoms with Crippen molar-refractivity contribution in [2.75, 3.05) is 19.5 Å². The molecule has 2 nitrogen and oxygen atoms in total. The third kappa shape index (κ3) is 3.76. The molecule has 0 aromatic carbocycles. The number of aromatic nitrogens is 1. The van der Waals surface area contributed by atoms with Crippen LogP contribution in [0.2, 0.25) is 5.15 Å². The van der Waals surface area contributed by atoms with Crippen LogP contribution in [0.25, 0.3) is 0 Å². The molecule has 0 amide bonds. The summed E-state index contributed by atoms with van der Waals surface area (Å²) in [5.74, 6) is 1.04. The fraction of sp³-hybridized carbons (Fsp3) is 0.571. The van der Waals surface area contributed by atoms with E-state index in [1.807, 2.05) is 5.38 Å². The molecule has 1 aromatic rings. The van der Waals surface area contributed by atoms with Gasteiger partial charge in [-0.1, -0.05) is 23.4 Å². The molecule has 0 N–H and O–H groups in total. The van der Waals surface area contributed by atoms with E-state index in [9.17, 15) is 0 Å². The summed E-state index contributed by atoms with van der Waals surface area (Å²) in [5, 5.41) is 2.44. The van der Waals surface area contributed by atoms with Crippen LogP contribution in [0.15, 0.2) is 9.72 Å². The number of nitrogens with zero attached hydrogens (tertiary/aromatic N) is 1. The highest BCUT2D eigenvalue weighted by Gasteiger charge is 1.99. The van der Waals surface area contributed by atoms with E-state index in [0.29, 0.717) is 5.15 Å². The molecule has 68 valence electrons. The minimum absolute atomic E-state index is 0.592. The summed E-state index contributed by atoms with van der Waals surface area (Å²) in [5.41, 5.74) is 0. The third-order valence-corrected chi connectivity index (χ3v) is 3.60. The van der Waals surface area contributed by atoms with Gasteiger partial charge in [-0.05, 0) is 6.42 Å². The van der Waals surface area contributed by atoms with Crippen LogP contribution in [-0.4, -0.2) is 24.5 Å². The Labute approximate surface area is 85.3 Å². The van der Waals surface area contributed by atoms with Gasteiger partial charge < -0.3 is 4.74 Å². The summed E-state index contributed by atoms with van der Waals surface area (Å²) in [6, 6.07) is 0. The van der Waals surface area contributed by atoms with Crippen LogP contribution in [0.4, 0.5) is 0 Å². The smallest absolute Gasteiger partial charge is 0.151 e. The van der Waals surface area contributed by atoms with Crippen LogP contribution in [-0.2, 0) is 4.74 Å². The Morgan fingerprint density at radius 2 is 2.58 bits per heavy atom. The number of halogens is 1. The van der Waals surface area contributed by atoms with Crippen molar-refractivity contribution < 1.29 is 4.74 Å². The summed E-state index contributed by atoms with van der Waals surface area (Å²) in [6.45, 7) is 0.812. The number of rotatable bonds is 5. The molecule has 0 aliphatic rings. The first-order valence-electron chi connectivity index (χ1n) is 3.55. The average molecular weight is 224 g/mol. The van der Waals surface area contributed by atoms with Gasteiger partial charge in [-0.2, -0.15) is 0 Å². The molecular weight excluding hydrogens is 214 g/mol. The number of methoxy groups -OCH3 is 1. The maximum absolute atomic E-state index is 5.66. The van der Waals surface area contributed by atoms with Crippen LogP contribution < -0.4 is 0 Å². The first kappa shape index (κ1) is 10.3. The molecule has 1 aromatic heterocycles. The SMILES string of the molecule is COCCCSc1nc(Cl)cs1. The van der Waals surface area contributed by atoms with E-state index < -0.39 is 0 Å². The molecule has 1 rings (SSSR count). The zero-order valence-corrected chi connectivity index (χ0v) is 9.14. The topological polar surface area (TPSA) is 22.1 Å². The lowest BCUT2D eigenvalue weighted by atomic mass is 10.5. The van der Waals surface area contributed by atoms with Crippen LogP contribution >= 0.6 is 34.7 Å². The lowest BCUT2D eigenvalue weighted by Crippen LogP contribution is -1.89. The highest BCUT2D eigenvalue weighted by atomic mass is 35.5. The van der Waals surface area contributed by atoms with E-state index in [4.69, 9.17) is 16.3 Å². The van der Waals surface area contributed by atoms with E-state index in [1.54, 1.807) is 30.2 Å². The normalized spacial score (nSPS) is 10.5. The standard InChI is InChI=1S/C7H10ClNOS2/c1-10-3-2-4-11-7-9-6(8)5-12-7/h5H,2-4H2,1H3. The van der Waals surface area contributed by atoms with Gasteiger partial charge >= 0.3 is 0 Å². The fourth-order valence-electron chi connectivity index (χ4n) is 0.668. The predicted molar refractivity (Wildman–Crippen MR) is 54.3 cm³/mol. The molecule has 0 fully saturated rings. The predicted octanol–water partition coefficient (Wildman–Crippen LogP) is 2.93. The molecule has 0 saturated carbocycles. The Morgan fingerprint density at radius 3 is 3.17 bits per heavy atom. The van der Waals surface area contributed by atoms with Crippen molar-refractivity contribution in [1.29, 1.82) is 0 Å². The second kappa shape index (κ2) is 5.80. The largest absolute Gasteiger partial charge is 0.385 e. The molecule has 0 spiro atoms. The molecule has 12 heavy (non-hydrogen) atoms. The summed E-state index contributed by atoms with van der Waals surface area (Å²) in [7, 11) is 1.71. The van der Waals surface area contributed by atoms with Gasteiger partial charge in [-0.25, -0.2) is 4.98 Å². The van der Waals surface area contributed by atoms with Crippen LogP contribution in [0, 0.1) is 0 Å². The molecular formula is C7H10ClNOS2. The fourth-order valence-corrected chi connectivity index (χ4v) is 2.65. The molecule has 5 heteroatoms. The lowest BCUT2D eigenvalue weighted by molar-refractivity contribution is 0.200. The third-order valence-electron chi connectivity index (χ3n) is 1.17. The Kier molecular flexibility index (Phi) is 4.99. The summed E-state index contributed by atoms with van der Waals surface area (Å²) in [6.07, 6.45) is 1.05. The van der Waals surface area contributed by atoms with E-state index in [1.165, 1.54) is 0 Å². The summed E-state index contributed by atoms with van der Waals surface area (Å²) < 4.78 is 5.97. The molecule has 0 aliphatic heterocycles. The van der Waals surface area contributed by atoms with Gasteiger partial charge in [0.2, 0.25) is 0 Å². The Morgan fingerprint density at radius 1 is 1.75 bits per heavy atom. The van der Waals surface area contributed by atoms with Gasteiger partial charge in [-0.15, -0.1) is 11.3 Å². The highest BCUT2D eigenvalue weighted by molar-refractivity contribution is 8.01. The van der Waals surface area contributed by atoms with Gasteiger partial charge in [0.1, 0.15) is 5.15 Å². The van der Waals surface area contributed by atoms with Crippen molar-refractivity contribution in [2.45, 2.75) is 10.8 Å². The zero-order chi connectivity index (χ0) is 8.81. The summed E-state index contributed by atoms with van der Waals surface area (Å²) >= 11 is 8.97. The van der Waals surface area contributed by atoms with Crippen molar-refractivity contribution in [3.8, 4) is 0 Å². The Bertz CT molecular complexity index is 229. The van der Waals surface area contributed by atoms with Crippen LogP contribution in [0.1, 0.15) is 6.42 Å². The first-order valence-corrected chi connectivity index (χ1v) is 5.80. The number of hydrogen-bond donors (Lipinski definition) is 0. The Balaban J connectivity index is 2.15. The quantitative estimate of drug-likeness (QED) is 0.566. The van der Waals surface area contributed by atoms with E-state index in [-0.39, 0.29) is 0 Å².